The smallest absolute Gasteiger partial charge is 0.323 e. The van der Waals surface area contributed by atoms with Crippen molar-refractivity contribution in [3.63, 3.8) is 0 Å². The van der Waals surface area contributed by atoms with Crippen LogP contribution in [0.4, 0.5) is 0 Å². The average molecular weight is 276 g/mol. The van der Waals surface area contributed by atoms with Crippen LogP contribution in [0.15, 0.2) is 43.0 Å². The molecule has 0 bridgehead atoms. The van der Waals surface area contributed by atoms with Gasteiger partial charge in [-0.1, -0.05) is 36.4 Å². The minimum Gasteiger partial charge on any atom is -0.460 e. The van der Waals surface area contributed by atoms with E-state index in [0.29, 0.717) is 26.2 Å². The largest absolute Gasteiger partial charge is 0.460 e. The molecule has 0 saturated carbocycles. The lowest BCUT2D eigenvalue weighted by Crippen LogP contribution is -2.32. The molecule has 1 aliphatic rings. The number of carbonyl (C=O) groups is 1. The summed E-state index contributed by atoms with van der Waals surface area (Å²) in [5.41, 5.74) is 3.89. The molecule has 1 aliphatic heterocycles. The average Bonchev–Trinajstić information content (AvgIpc) is 2.95. The predicted molar refractivity (Wildman–Crippen MR) is 75.7 cm³/mol. The van der Waals surface area contributed by atoms with E-state index in [0.717, 1.165) is 5.56 Å². The minimum atomic E-state index is -0.274. The van der Waals surface area contributed by atoms with E-state index in [1.165, 1.54) is 0 Å². The summed E-state index contributed by atoms with van der Waals surface area (Å²) in [4.78, 5) is 17.1. The number of carbonyl (C=O) groups excluding carboxylic acids is 1. The van der Waals surface area contributed by atoms with Crippen molar-refractivity contribution < 1.29 is 14.4 Å². The third-order valence-corrected chi connectivity index (χ3v) is 3.09. The fraction of sp³-hybridized carbons (Fsp3) is 0.400. The van der Waals surface area contributed by atoms with E-state index in [1.807, 2.05) is 30.3 Å². The van der Waals surface area contributed by atoms with Crippen LogP contribution in [0, 0.1) is 0 Å². The lowest BCUT2D eigenvalue weighted by molar-refractivity contribution is -0.147. The molecule has 5 nitrogen and oxygen atoms in total. The van der Waals surface area contributed by atoms with E-state index in [-0.39, 0.29) is 18.1 Å². The summed E-state index contributed by atoms with van der Waals surface area (Å²) in [5, 5.41) is 3.13. The topological polar surface area (TPSA) is 59.6 Å². The Labute approximate surface area is 118 Å². The van der Waals surface area contributed by atoms with Gasteiger partial charge in [-0.25, -0.2) is 0 Å². The van der Waals surface area contributed by atoms with Crippen molar-refractivity contribution in [3.8, 4) is 0 Å². The van der Waals surface area contributed by atoms with Gasteiger partial charge in [-0.3, -0.25) is 9.63 Å². The van der Waals surface area contributed by atoms with Crippen molar-refractivity contribution in [2.45, 2.75) is 25.1 Å². The van der Waals surface area contributed by atoms with Gasteiger partial charge in [0.05, 0.1) is 6.61 Å². The molecule has 2 rings (SSSR count). The number of benzene rings is 1. The first kappa shape index (κ1) is 14.7. The second-order valence-corrected chi connectivity index (χ2v) is 4.70. The number of rotatable bonds is 7. The van der Waals surface area contributed by atoms with Crippen molar-refractivity contribution in [2.75, 3.05) is 13.2 Å². The van der Waals surface area contributed by atoms with Crippen LogP contribution >= 0.6 is 0 Å². The van der Waals surface area contributed by atoms with Crippen LogP contribution in [0.2, 0.25) is 0 Å². The molecule has 1 aromatic rings. The quantitative estimate of drug-likeness (QED) is 0.339. The van der Waals surface area contributed by atoms with Crippen LogP contribution in [0.1, 0.15) is 12.0 Å². The van der Waals surface area contributed by atoms with Gasteiger partial charge < -0.3 is 10.1 Å². The summed E-state index contributed by atoms with van der Waals surface area (Å²) in [6.07, 6.45) is 2.33. The van der Waals surface area contributed by atoms with Crippen LogP contribution in [0.25, 0.3) is 0 Å². The fourth-order valence-corrected chi connectivity index (χ4v) is 2.06. The summed E-state index contributed by atoms with van der Waals surface area (Å²) in [5.74, 6) is -0.220. The number of hydrogen-bond donors (Lipinski definition) is 2. The molecule has 1 aromatic carbocycles. The number of hydrogen-bond acceptors (Lipinski definition) is 5. The van der Waals surface area contributed by atoms with E-state index in [2.05, 4.69) is 17.4 Å². The molecule has 1 saturated heterocycles. The van der Waals surface area contributed by atoms with Gasteiger partial charge in [0.15, 0.2) is 0 Å². The summed E-state index contributed by atoms with van der Waals surface area (Å²) in [6, 6.07) is 9.49. The Balaban J connectivity index is 1.70. The molecule has 5 heteroatoms. The summed E-state index contributed by atoms with van der Waals surface area (Å²) in [7, 11) is 0. The Hall–Kier alpha value is -1.69. The Morgan fingerprint density at radius 1 is 1.45 bits per heavy atom. The molecule has 0 aliphatic carbocycles. The van der Waals surface area contributed by atoms with Crippen molar-refractivity contribution >= 4 is 5.97 Å². The number of esters is 1. The molecular weight excluding hydrogens is 256 g/mol. The van der Waals surface area contributed by atoms with Crippen molar-refractivity contribution in [1.82, 2.24) is 10.8 Å². The molecular formula is C15H20N2O3. The van der Waals surface area contributed by atoms with E-state index < -0.39 is 0 Å². The normalized spacial score (nSPS) is 21.6. The van der Waals surface area contributed by atoms with Crippen LogP contribution < -0.4 is 10.8 Å². The van der Waals surface area contributed by atoms with Crippen molar-refractivity contribution in [3.05, 3.63) is 48.6 Å². The van der Waals surface area contributed by atoms with E-state index >= 15 is 0 Å². The molecule has 20 heavy (non-hydrogen) atoms. The molecule has 0 aromatic heterocycles. The van der Waals surface area contributed by atoms with Gasteiger partial charge in [-0.05, 0) is 12.0 Å². The van der Waals surface area contributed by atoms with Crippen LogP contribution in [0.3, 0.4) is 0 Å². The van der Waals surface area contributed by atoms with E-state index in [1.54, 1.807) is 6.08 Å². The molecule has 1 heterocycles. The first-order chi connectivity index (χ1) is 9.79. The van der Waals surface area contributed by atoms with Gasteiger partial charge >= 0.3 is 5.97 Å². The lowest BCUT2D eigenvalue weighted by atomic mass is 10.2. The highest BCUT2D eigenvalue weighted by molar-refractivity contribution is 5.76. The zero-order chi connectivity index (χ0) is 14.2. The van der Waals surface area contributed by atoms with Gasteiger partial charge in [-0.15, -0.1) is 6.58 Å². The third-order valence-electron chi connectivity index (χ3n) is 3.09. The van der Waals surface area contributed by atoms with E-state index in [9.17, 15) is 4.79 Å². The number of hydroxylamine groups is 1. The first-order valence-corrected chi connectivity index (χ1v) is 6.71. The highest BCUT2D eigenvalue weighted by Gasteiger charge is 2.30. The van der Waals surface area contributed by atoms with Crippen LogP contribution in [-0.4, -0.2) is 31.2 Å². The highest BCUT2D eigenvalue weighted by atomic mass is 16.6. The van der Waals surface area contributed by atoms with Gasteiger partial charge in [-0.2, -0.15) is 5.48 Å². The third kappa shape index (κ3) is 4.45. The molecule has 1 fully saturated rings. The predicted octanol–water partition coefficient (Wildman–Crippen LogP) is 1.17. The molecule has 0 spiro atoms. The van der Waals surface area contributed by atoms with Crippen molar-refractivity contribution in [2.24, 2.45) is 0 Å². The zero-order valence-corrected chi connectivity index (χ0v) is 11.4. The Bertz CT molecular complexity index is 436. The Kier molecular flexibility index (Phi) is 5.73. The monoisotopic (exact) mass is 276 g/mol. The van der Waals surface area contributed by atoms with Gasteiger partial charge in [0, 0.05) is 12.6 Å². The van der Waals surface area contributed by atoms with Gasteiger partial charge in [0.2, 0.25) is 0 Å². The molecule has 2 atom stereocenters. The summed E-state index contributed by atoms with van der Waals surface area (Å²) in [6.45, 7) is 5.00. The maximum Gasteiger partial charge on any atom is 0.323 e. The van der Waals surface area contributed by atoms with E-state index in [4.69, 9.17) is 9.57 Å². The molecule has 0 unspecified atom stereocenters. The number of nitrogens with one attached hydrogen (secondary N) is 2. The second-order valence-electron chi connectivity index (χ2n) is 4.70. The SMILES string of the molecule is C=CCON[C@H]1CN[C@H](C(=O)OCc2ccccc2)C1. The maximum atomic E-state index is 11.9. The number of ether oxygens (including phenoxy) is 1. The standard InChI is InChI=1S/C15H20N2O3/c1-2-8-20-17-13-9-14(16-10-13)15(18)19-11-12-6-4-3-5-7-12/h2-7,13-14,16-17H,1,8-11H2/t13-,14+/m1/s1. The van der Waals surface area contributed by atoms with Crippen LogP contribution in [0.5, 0.6) is 0 Å². The zero-order valence-electron chi connectivity index (χ0n) is 11.4. The molecule has 2 N–H and O–H groups in total. The minimum absolute atomic E-state index is 0.115. The molecule has 0 amide bonds. The molecule has 108 valence electrons. The molecule has 0 radical (unpaired) electrons. The lowest BCUT2D eigenvalue weighted by Gasteiger charge is -2.11. The summed E-state index contributed by atoms with van der Waals surface area (Å²) < 4.78 is 5.30. The first-order valence-electron chi connectivity index (χ1n) is 6.71. The summed E-state index contributed by atoms with van der Waals surface area (Å²) >= 11 is 0. The van der Waals surface area contributed by atoms with Crippen LogP contribution in [-0.2, 0) is 21.0 Å². The van der Waals surface area contributed by atoms with Crippen molar-refractivity contribution in [1.29, 1.82) is 0 Å². The highest BCUT2D eigenvalue weighted by Crippen LogP contribution is 2.10. The second kappa shape index (κ2) is 7.79. The van der Waals surface area contributed by atoms with Gasteiger partial charge in [0.1, 0.15) is 12.6 Å². The maximum absolute atomic E-state index is 11.9. The Morgan fingerprint density at radius 2 is 2.25 bits per heavy atom. The fourth-order valence-electron chi connectivity index (χ4n) is 2.06. The van der Waals surface area contributed by atoms with Gasteiger partial charge in [0.25, 0.3) is 0 Å². The Morgan fingerprint density at radius 3 is 3.00 bits per heavy atom.